The quantitative estimate of drug-likeness (QED) is 0.588. The number of hydrogen-bond donors (Lipinski definition) is 2. The van der Waals surface area contributed by atoms with Gasteiger partial charge in [-0.3, -0.25) is 14.4 Å². The van der Waals surface area contributed by atoms with Gasteiger partial charge >= 0.3 is 0 Å². The Bertz CT molecular complexity index is 391. The van der Waals surface area contributed by atoms with Crippen molar-refractivity contribution in [3.63, 3.8) is 0 Å². The van der Waals surface area contributed by atoms with Gasteiger partial charge < -0.3 is 10.2 Å². The topological polar surface area (TPSA) is 90.9 Å². The van der Waals surface area contributed by atoms with E-state index in [0.29, 0.717) is 25.2 Å². The summed E-state index contributed by atoms with van der Waals surface area (Å²) in [6, 6.07) is 0. The first kappa shape index (κ1) is 11.6. The highest BCUT2D eigenvalue weighted by Gasteiger charge is 2.25. The predicted octanol–water partition coefficient (Wildman–Crippen LogP) is -1.40. The van der Waals surface area contributed by atoms with E-state index in [0.717, 1.165) is 6.42 Å². The number of nitrogens with zero attached hydrogens (tertiary/aromatic N) is 2. The molecule has 0 aromatic heterocycles. The fourth-order valence-electron chi connectivity index (χ4n) is 1.79. The standard InChI is InChI=1S/C10H14N4O3/c15-8-3-2-7(12-13-8)10(17)14-5-1-4-11-9(16)6-14/h1-6H2,(H,11,16)(H,13,15). The van der Waals surface area contributed by atoms with E-state index >= 15 is 0 Å². The fourth-order valence-corrected chi connectivity index (χ4v) is 1.79. The average Bonchev–Trinajstić information content (AvgIpc) is 2.54. The van der Waals surface area contributed by atoms with Gasteiger partial charge in [0, 0.05) is 25.9 Å². The summed E-state index contributed by atoms with van der Waals surface area (Å²) >= 11 is 0. The Balaban J connectivity index is 2.03. The van der Waals surface area contributed by atoms with Gasteiger partial charge in [0.2, 0.25) is 11.8 Å². The lowest BCUT2D eigenvalue weighted by atomic mass is 10.1. The molecule has 0 saturated carbocycles. The van der Waals surface area contributed by atoms with Crippen molar-refractivity contribution in [2.45, 2.75) is 19.3 Å². The molecule has 0 aliphatic carbocycles. The van der Waals surface area contributed by atoms with Crippen LogP contribution in [0.5, 0.6) is 0 Å². The molecule has 2 heterocycles. The SMILES string of the molecule is O=C1CN(C(=O)C2=NNC(=O)CC2)CCCN1. The van der Waals surface area contributed by atoms with E-state index in [1.54, 1.807) is 0 Å². The van der Waals surface area contributed by atoms with Crippen LogP contribution < -0.4 is 10.7 Å². The van der Waals surface area contributed by atoms with Crippen LogP contribution in [0, 0.1) is 0 Å². The molecule has 2 rings (SSSR count). The van der Waals surface area contributed by atoms with Crippen LogP contribution >= 0.6 is 0 Å². The van der Waals surface area contributed by atoms with E-state index in [1.807, 2.05) is 0 Å². The van der Waals surface area contributed by atoms with Crippen LogP contribution in [0.1, 0.15) is 19.3 Å². The summed E-state index contributed by atoms with van der Waals surface area (Å²) in [7, 11) is 0. The Hall–Kier alpha value is -1.92. The van der Waals surface area contributed by atoms with Crippen molar-refractivity contribution in [3.8, 4) is 0 Å². The van der Waals surface area contributed by atoms with Gasteiger partial charge in [-0.15, -0.1) is 0 Å². The monoisotopic (exact) mass is 238 g/mol. The van der Waals surface area contributed by atoms with E-state index in [2.05, 4.69) is 15.8 Å². The molecule has 1 fully saturated rings. The van der Waals surface area contributed by atoms with Gasteiger partial charge in [0.25, 0.3) is 5.91 Å². The highest BCUT2D eigenvalue weighted by molar-refractivity contribution is 6.39. The maximum Gasteiger partial charge on any atom is 0.270 e. The Morgan fingerprint density at radius 1 is 1.24 bits per heavy atom. The minimum atomic E-state index is -0.262. The molecule has 17 heavy (non-hydrogen) atoms. The third-order valence-corrected chi connectivity index (χ3v) is 2.70. The third kappa shape index (κ3) is 2.80. The summed E-state index contributed by atoms with van der Waals surface area (Å²) in [6.45, 7) is 1.18. The number of carbonyl (C=O) groups excluding carboxylic acids is 3. The second kappa shape index (κ2) is 4.94. The van der Waals surface area contributed by atoms with Crippen molar-refractivity contribution in [2.75, 3.05) is 19.6 Å². The molecule has 1 saturated heterocycles. The van der Waals surface area contributed by atoms with Crippen LogP contribution in [0.3, 0.4) is 0 Å². The first-order chi connectivity index (χ1) is 8.16. The molecule has 0 unspecified atom stereocenters. The molecule has 0 radical (unpaired) electrons. The lowest BCUT2D eigenvalue weighted by molar-refractivity contribution is -0.130. The molecule has 0 atom stereocenters. The van der Waals surface area contributed by atoms with Gasteiger partial charge in [-0.1, -0.05) is 0 Å². The highest BCUT2D eigenvalue weighted by Crippen LogP contribution is 2.05. The summed E-state index contributed by atoms with van der Waals surface area (Å²) in [4.78, 5) is 35.7. The van der Waals surface area contributed by atoms with Gasteiger partial charge in [0.05, 0.1) is 6.54 Å². The molecule has 92 valence electrons. The Morgan fingerprint density at radius 2 is 2.06 bits per heavy atom. The first-order valence-electron chi connectivity index (χ1n) is 5.58. The van der Waals surface area contributed by atoms with Crippen LogP contribution in [0.2, 0.25) is 0 Å². The van der Waals surface area contributed by atoms with Crippen molar-refractivity contribution < 1.29 is 14.4 Å². The summed E-state index contributed by atoms with van der Waals surface area (Å²) in [5, 5.41) is 6.43. The molecule has 2 aliphatic rings. The summed E-state index contributed by atoms with van der Waals surface area (Å²) in [6.07, 6.45) is 1.34. The molecule has 0 aromatic carbocycles. The number of hydrazone groups is 1. The van der Waals surface area contributed by atoms with Crippen molar-refractivity contribution in [3.05, 3.63) is 0 Å². The molecule has 7 heteroatoms. The fraction of sp³-hybridized carbons (Fsp3) is 0.600. The maximum atomic E-state index is 12.0. The van der Waals surface area contributed by atoms with Crippen molar-refractivity contribution in [1.82, 2.24) is 15.6 Å². The Morgan fingerprint density at radius 3 is 2.76 bits per heavy atom. The van der Waals surface area contributed by atoms with Gasteiger partial charge in [0.15, 0.2) is 0 Å². The number of hydrogen-bond acceptors (Lipinski definition) is 4. The van der Waals surface area contributed by atoms with E-state index in [1.165, 1.54) is 4.90 Å². The second-order valence-corrected chi connectivity index (χ2v) is 4.02. The first-order valence-corrected chi connectivity index (χ1v) is 5.58. The number of amides is 3. The molecule has 3 amide bonds. The van der Waals surface area contributed by atoms with Gasteiger partial charge in [-0.25, -0.2) is 5.43 Å². The number of rotatable bonds is 1. The summed E-state index contributed by atoms with van der Waals surface area (Å²) in [5.41, 5.74) is 2.60. The van der Waals surface area contributed by atoms with Gasteiger partial charge in [-0.2, -0.15) is 5.10 Å². The second-order valence-electron chi connectivity index (χ2n) is 4.02. The van der Waals surface area contributed by atoms with Crippen molar-refractivity contribution in [1.29, 1.82) is 0 Å². The zero-order valence-electron chi connectivity index (χ0n) is 9.36. The van der Waals surface area contributed by atoms with Crippen LogP contribution in [0.4, 0.5) is 0 Å². The predicted molar refractivity (Wildman–Crippen MR) is 59.0 cm³/mol. The zero-order chi connectivity index (χ0) is 12.3. The largest absolute Gasteiger partial charge is 0.354 e. The van der Waals surface area contributed by atoms with Crippen LogP contribution in [-0.4, -0.2) is 48.0 Å². The minimum Gasteiger partial charge on any atom is -0.354 e. The van der Waals surface area contributed by atoms with Crippen LogP contribution in [0.25, 0.3) is 0 Å². The molecule has 2 aliphatic heterocycles. The zero-order valence-corrected chi connectivity index (χ0v) is 9.36. The smallest absolute Gasteiger partial charge is 0.270 e. The van der Waals surface area contributed by atoms with Crippen LogP contribution in [-0.2, 0) is 14.4 Å². The van der Waals surface area contributed by atoms with E-state index < -0.39 is 0 Å². The van der Waals surface area contributed by atoms with Gasteiger partial charge in [-0.05, 0) is 6.42 Å². The summed E-state index contributed by atoms with van der Waals surface area (Å²) in [5.74, 6) is -0.603. The average molecular weight is 238 g/mol. The molecular formula is C10H14N4O3. The maximum absolute atomic E-state index is 12.0. The third-order valence-electron chi connectivity index (χ3n) is 2.70. The van der Waals surface area contributed by atoms with Crippen molar-refractivity contribution >= 4 is 23.4 Å². The molecule has 0 aromatic rings. The van der Waals surface area contributed by atoms with Gasteiger partial charge in [0.1, 0.15) is 5.71 Å². The minimum absolute atomic E-state index is 0.0613. The highest BCUT2D eigenvalue weighted by atomic mass is 16.2. The number of nitrogens with one attached hydrogen (secondary N) is 2. The molecule has 0 bridgehead atoms. The molecule has 2 N–H and O–H groups in total. The van der Waals surface area contributed by atoms with Crippen molar-refractivity contribution in [2.24, 2.45) is 5.10 Å². The number of carbonyl (C=O) groups is 3. The molecule has 0 spiro atoms. The van der Waals surface area contributed by atoms with E-state index in [4.69, 9.17) is 0 Å². The van der Waals surface area contributed by atoms with Crippen LogP contribution in [0.15, 0.2) is 5.10 Å². The lowest BCUT2D eigenvalue weighted by Crippen LogP contribution is -2.43. The van der Waals surface area contributed by atoms with E-state index in [-0.39, 0.29) is 30.7 Å². The Labute approximate surface area is 98.2 Å². The summed E-state index contributed by atoms with van der Waals surface area (Å²) < 4.78 is 0. The lowest BCUT2D eigenvalue weighted by Gasteiger charge is -2.21. The molecule has 7 nitrogen and oxygen atoms in total. The molecular weight excluding hydrogens is 224 g/mol. The Kier molecular flexibility index (Phi) is 3.36. The van der Waals surface area contributed by atoms with E-state index in [9.17, 15) is 14.4 Å². The normalized spacial score (nSPS) is 21.2.